The van der Waals surface area contributed by atoms with Gasteiger partial charge in [-0.25, -0.2) is 18.4 Å². The second-order valence-electron chi connectivity index (χ2n) is 5.15. The molecular weight excluding hydrogens is 288 g/mol. The van der Waals surface area contributed by atoms with E-state index in [0.717, 1.165) is 11.3 Å². The molecule has 1 aliphatic rings. The molecule has 0 saturated carbocycles. The highest BCUT2D eigenvalue weighted by Crippen LogP contribution is 2.19. The summed E-state index contributed by atoms with van der Waals surface area (Å²) < 4.78 is 22.9. The average Bonchev–Trinajstić information content (AvgIpc) is 2.86. The minimum atomic E-state index is -2.84. The standard InChI is InChI=1S/C14H16N4O2S/c19-21(20)8-4-11(10-21)9-17-14-16-7-3-13(18-14)12-1-5-15-6-2-12/h1-3,5-7,11H,4,8-10H2,(H,16,17,18)/t11-/m1/s1. The van der Waals surface area contributed by atoms with E-state index in [1.54, 1.807) is 18.6 Å². The van der Waals surface area contributed by atoms with Gasteiger partial charge in [0, 0.05) is 30.7 Å². The van der Waals surface area contributed by atoms with Crippen LogP contribution in [-0.2, 0) is 9.84 Å². The number of nitrogens with zero attached hydrogens (tertiary/aromatic N) is 3. The van der Waals surface area contributed by atoms with Crippen LogP contribution in [0.4, 0.5) is 5.95 Å². The molecular formula is C14H16N4O2S. The van der Waals surface area contributed by atoms with Crippen molar-refractivity contribution in [3.05, 3.63) is 36.8 Å². The third-order valence-electron chi connectivity index (χ3n) is 3.51. The fourth-order valence-electron chi connectivity index (χ4n) is 2.40. The molecule has 1 N–H and O–H groups in total. The third kappa shape index (κ3) is 3.55. The Hall–Kier alpha value is -2.02. The highest BCUT2D eigenvalue weighted by Gasteiger charge is 2.27. The molecule has 1 fully saturated rings. The van der Waals surface area contributed by atoms with E-state index in [1.807, 2.05) is 18.2 Å². The molecule has 2 aromatic heterocycles. The molecule has 0 radical (unpaired) electrons. The van der Waals surface area contributed by atoms with Crippen LogP contribution in [0.3, 0.4) is 0 Å². The molecule has 0 unspecified atom stereocenters. The van der Waals surface area contributed by atoms with Gasteiger partial charge in [0.05, 0.1) is 17.2 Å². The molecule has 0 bridgehead atoms. The van der Waals surface area contributed by atoms with Crippen LogP contribution in [0, 0.1) is 5.92 Å². The summed E-state index contributed by atoms with van der Waals surface area (Å²) in [5, 5.41) is 3.13. The predicted octanol–water partition coefficient (Wildman–Crippen LogP) is 1.39. The van der Waals surface area contributed by atoms with Crippen LogP contribution < -0.4 is 5.32 Å². The van der Waals surface area contributed by atoms with Gasteiger partial charge in [-0.15, -0.1) is 0 Å². The lowest BCUT2D eigenvalue weighted by atomic mass is 10.1. The van der Waals surface area contributed by atoms with E-state index in [2.05, 4.69) is 20.3 Å². The van der Waals surface area contributed by atoms with Crippen molar-refractivity contribution >= 4 is 15.8 Å². The van der Waals surface area contributed by atoms with Crippen LogP contribution in [0.2, 0.25) is 0 Å². The molecule has 1 aliphatic heterocycles. The molecule has 0 spiro atoms. The Morgan fingerprint density at radius 3 is 2.71 bits per heavy atom. The molecule has 1 atom stereocenters. The summed E-state index contributed by atoms with van der Waals surface area (Å²) in [7, 11) is -2.84. The molecule has 0 aliphatic carbocycles. The molecule has 0 amide bonds. The minimum Gasteiger partial charge on any atom is -0.354 e. The van der Waals surface area contributed by atoms with Gasteiger partial charge < -0.3 is 5.32 Å². The summed E-state index contributed by atoms with van der Waals surface area (Å²) in [5.41, 5.74) is 1.79. The summed E-state index contributed by atoms with van der Waals surface area (Å²) in [6.45, 7) is 0.582. The third-order valence-corrected chi connectivity index (χ3v) is 5.34. The maximum atomic E-state index is 11.4. The second-order valence-corrected chi connectivity index (χ2v) is 7.38. The smallest absolute Gasteiger partial charge is 0.223 e. The average molecular weight is 304 g/mol. The normalized spacial score (nSPS) is 20.3. The quantitative estimate of drug-likeness (QED) is 0.918. The molecule has 21 heavy (non-hydrogen) atoms. The number of hydrogen-bond donors (Lipinski definition) is 1. The molecule has 3 heterocycles. The lowest BCUT2D eigenvalue weighted by Gasteiger charge is -2.10. The Balaban J connectivity index is 1.67. The van der Waals surface area contributed by atoms with Crippen molar-refractivity contribution in [3.8, 4) is 11.3 Å². The largest absolute Gasteiger partial charge is 0.354 e. The zero-order valence-electron chi connectivity index (χ0n) is 11.4. The monoisotopic (exact) mass is 304 g/mol. The van der Waals surface area contributed by atoms with Crippen molar-refractivity contribution in [2.75, 3.05) is 23.4 Å². The zero-order valence-corrected chi connectivity index (χ0v) is 12.3. The van der Waals surface area contributed by atoms with Gasteiger partial charge >= 0.3 is 0 Å². The lowest BCUT2D eigenvalue weighted by Crippen LogP contribution is -2.17. The van der Waals surface area contributed by atoms with E-state index < -0.39 is 9.84 Å². The molecule has 7 heteroatoms. The Kier molecular flexibility index (Phi) is 3.83. The van der Waals surface area contributed by atoms with Gasteiger partial charge in [-0.2, -0.15) is 0 Å². The Bertz CT molecular complexity index is 719. The summed E-state index contributed by atoms with van der Waals surface area (Å²) >= 11 is 0. The zero-order chi connectivity index (χ0) is 14.7. The summed E-state index contributed by atoms with van der Waals surface area (Å²) in [6.07, 6.45) is 5.83. The maximum Gasteiger partial charge on any atom is 0.223 e. The van der Waals surface area contributed by atoms with E-state index in [-0.39, 0.29) is 17.4 Å². The first kappa shape index (κ1) is 13.9. The van der Waals surface area contributed by atoms with Gasteiger partial charge in [0.25, 0.3) is 0 Å². The van der Waals surface area contributed by atoms with Gasteiger partial charge in [0.15, 0.2) is 9.84 Å². The first-order valence-electron chi connectivity index (χ1n) is 6.80. The molecule has 3 rings (SSSR count). The fraction of sp³-hybridized carbons (Fsp3) is 0.357. The van der Waals surface area contributed by atoms with Crippen LogP contribution in [0.25, 0.3) is 11.3 Å². The number of sulfone groups is 1. The molecule has 2 aromatic rings. The van der Waals surface area contributed by atoms with E-state index in [9.17, 15) is 8.42 Å². The Morgan fingerprint density at radius 2 is 2.00 bits per heavy atom. The number of hydrogen-bond acceptors (Lipinski definition) is 6. The van der Waals surface area contributed by atoms with Crippen molar-refractivity contribution in [1.82, 2.24) is 15.0 Å². The SMILES string of the molecule is O=S1(=O)CC[C@H](CNc2nccc(-c3ccncc3)n2)C1. The van der Waals surface area contributed by atoms with Gasteiger partial charge in [-0.05, 0) is 30.5 Å². The van der Waals surface area contributed by atoms with E-state index in [4.69, 9.17) is 0 Å². The van der Waals surface area contributed by atoms with Crippen molar-refractivity contribution in [3.63, 3.8) is 0 Å². The fourth-order valence-corrected chi connectivity index (χ4v) is 4.26. The van der Waals surface area contributed by atoms with Crippen molar-refractivity contribution < 1.29 is 8.42 Å². The molecule has 6 nitrogen and oxygen atoms in total. The van der Waals surface area contributed by atoms with Crippen LogP contribution in [0.1, 0.15) is 6.42 Å². The first-order chi connectivity index (χ1) is 10.1. The summed E-state index contributed by atoms with van der Waals surface area (Å²) in [6, 6.07) is 5.60. The summed E-state index contributed by atoms with van der Waals surface area (Å²) in [4.78, 5) is 12.6. The highest BCUT2D eigenvalue weighted by atomic mass is 32.2. The number of pyridine rings is 1. The van der Waals surface area contributed by atoms with Gasteiger partial charge in [0.2, 0.25) is 5.95 Å². The van der Waals surface area contributed by atoms with Crippen LogP contribution >= 0.6 is 0 Å². The van der Waals surface area contributed by atoms with Crippen LogP contribution in [-0.4, -0.2) is 41.4 Å². The van der Waals surface area contributed by atoms with Crippen molar-refractivity contribution in [2.45, 2.75) is 6.42 Å². The number of rotatable bonds is 4. The Morgan fingerprint density at radius 1 is 1.19 bits per heavy atom. The van der Waals surface area contributed by atoms with Crippen LogP contribution in [0.5, 0.6) is 0 Å². The minimum absolute atomic E-state index is 0.142. The summed E-state index contributed by atoms with van der Waals surface area (Å²) in [5.74, 6) is 1.21. The molecule has 110 valence electrons. The number of anilines is 1. The van der Waals surface area contributed by atoms with Crippen molar-refractivity contribution in [2.24, 2.45) is 5.92 Å². The van der Waals surface area contributed by atoms with Crippen molar-refractivity contribution in [1.29, 1.82) is 0 Å². The Labute approximate surface area is 123 Å². The topological polar surface area (TPSA) is 84.8 Å². The number of nitrogens with one attached hydrogen (secondary N) is 1. The van der Waals surface area contributed by atoms with E-state index in [0.29, 0.717) is 18.9 Å². The van der Waals surface area contributed by atoms with Gasteiger partial charge in [-0.3, -0.25) is 4.98 Å². The molecule has 0 aromatic carbocycles. The van der Waals surface area contributed by atoms with E-state index in [1.165, 1.54) is 0 Å². The second kappa shape index (κ2) is 5.77. The van der Waals surface area contributed by atoms with Crippen LogP contribution in [0.15, 0.2) is 36.8 Å². The maximum absolute atomic E-state index is 11.4. The molecule has 1 saturated heterocycles. The van der Waals surface area contributed by atoms with Gasteiger partial charge in [0.1, 0.15) is 0 Å². The lowest BCUT2D eigenvalue weighted by molar-refractivity contribution is 0.595. The first-order valence-corrected chi connectivity index (χ1v) is 8.62. The number of aromatic nitrogens is 3. The van der Waals surface area contributed by atoms with Gasteiger partial charge in [-0.1, -0.05) is 0 Å². The van der Waals surface area contributed by atoms with E-state index >= 15 is 0 Å². The highest BCUT2D eigenvalue weighted by molar-refractivity contribution is 7.91. The predicted molar refractivity (Wildman–Crippen MR) is 80.5 cm³/mol.